The molecule has 1 heterocycles. The van der Waals surface area contributed by atoms with E-state index in [0.29, 0.717) is 0 Å². The molecule has 0 saturated carbocycles. The summed E-state index contributed by atoms with van der Waals surface area (Å²) in [4.78, 5) is 0. The van der Waals surface area contributed by atoms with Gasteiger partial charge in [-0.15, -0.1) is 6.58 Å². The van der Waals surface area contributed by atoms with Crippen LogP contribution in [0.25, 0.3) is 0 Å². The van der Waals surface area contributed by atoms with Crippen molar-refractivity contribution in [2.45, 2.75) is 37.9 Å². The Bertz CT molecular complexity index is 128. The maximum atomic E-state index is 5.84. The average molecular weight is 170 g/mol. The minimum Gasteiger partial charge on any atom is -0.413 e. The first-order chi connectivity index (χ1) is 5.27. The molecule has 0 aromatic rings. The molecular formula is C9H18OSi. The molecule has 0 aliphatic carbocycles. The second-order valence-electron chi connectivity index (χ2n) is 3.61. The lowest BCUT2D eigenvalue weighted by molar-refractivity contribution is 0.337. The second-order valence-corrected chi connectivity index (χ2v) is 7.80. The fourth-order valence-electron chi connectivity index (χ4n) is 1.70. The number of hydrogen-bond donors (Lipinski definition) is 0. The lowest BCUT2D eigenvalue weighted by Gasteiger charge is -2.30. The van der Waals surface area contributed by atoms with E-state index in [4.69, 9.17) is 4.43 Å². The molecule has 0 spiro atoms. The molecule has 0 radical (unpaired) electrons. The van der Waals surface area contributed by atoms with Gasteiger partial charge in [-0.3, -0.25) is 0 Å². The van der Waals surface area contributed by atoms with Crippen molar-refractivity contribution in [3.63, 3.8) is 0 Å². The van der Waals surface area contributed by atoms with Crippen LogP contribution in [0.3, 0.4) is 0 Å². The van der Waals surface area contributed by atoms with Crippen LogP contribution >= 0.6 is 0 Å². The molecule has 0 amide bonds. The van der Waals surface area contributed by atoms with E-state index in [0.717, 1.165) is 6.61 Å². The van der Waals surface area contributed by atoms with Gasteiger partial charge in [-0.2, -0.15) is 0 Å². The third kappa shape index (κ3) is 2.79. The van der Waals surface area contributed by atoms with Gasteiger partial charge in [0, 0.05) is 0 Å². The molecule has 0 aromatic carbocycles. The zero-order valence-corrected chi connectivity index (χ0v) is 8.44. The normalized spacial score (nSPS) is 23.0. The van der Waals surface area contributed by atoms with Gasteiger partial charge in [-0.25, -0.2) is 0 Å². The van der Waals surface area contributed by atoms with Gasteiger partial charge in [-0.05, 0) is 18.6 Å². The smallest absolute Gasteiger partial charge is 0.190 e. The molecule has 11 heavy (non-hydrogen) atoms. The quantitative estimate of drug-likeness (QED) is 0.467. The topological polar surface area (TPSA) is 9.23 Å². The van der Waals surface area contributed by atoms with E-state index in [1.54, 1.807) is 0 Å². The molecular weight excluding hydrogens is 152 g/mol. The number of rotatable bonds is 3. The molecule has 0 aromatic heterocycles. The van der Waals surface area contributed by atoms with Crippen LogP contribution in [0.2, 0.25) is 18.6 Å². The third-order valence-corrected chi connectivity index (χ3v) is 6.15. The van der Waals surface area contributed by atoms with Crippen LogP contribution in [0.5, 0.6) is 0 Å². The molecule has 0 unspecified atom stereocenters. The standard InChI is InChI=1S/C9H18OSi/c1-3-7-10-11(2)8-5-4-6-9-11/h3H,1,4-9H2,2H3. The number of hydrogen-bond acceptors (Lipinski definition) is 1. The van der Waals surface area contributed by atoms with E-state index in [2.05, 4.69) is 13.1 Å². The Morgan fingerprint density at radius 3 is 2.55 bits per heavy atom. The predicted octanol–water partition coefficient (Wildman–Crippen LogP) is 2.95. The molecule has 1 nitrogen and oxygen atoms in total. The van der Waals surface area contributed by atoms with Crippen LogP contribution in [0.15, 0.2) is 12.7 Å². The summed E-state index contributed by atoms with van der Waals surface area (Å²) in [6.07, 6.45) is 6.06. The van der Waals surface area contributed by atoms with Crippen molar-refractivity contribution in [3.05, 3.63) is 12.7 Å². The molecule has 1 rings (SSSR count). The fourth-order valence-corrected chi connectivity index (χ4v) is 4.76. The van der Waals surface area contributed by atoms with Crippen LogP contribution < -0.4 is 0 Å². The van der Waals surface area contributed by atoms with E-state index in [1.165, 1.54) is 31.4 Å². The van der Waals surface area contributed by atoms with Gasteiger partial charge in [0.05, 0.1) is 6.61 Å². The van der Waals surface area contributed by atoms with Crippen molar-refractivity contribution in [2.75, 3.05) is 6.61 Å². The van der Waals surface area contributed by atoms with Crippen molar-refractivity contribution in [2.24, 2.45) is 0 Å². The first kappa shape index (κ1) is 9.01. The van der Waals surface area contributed by atoms with Crippen LogP contribution in [-0.2, 0) is 4.43 Å². The Labute approximate surface area is 70.6 Å². The van der Waals surface area contributed by atoms with Gasteiger partial charge in [-0.1, -0.05) is 25.3 Å². The fraction of sp³-hybridized carbons (Fsp3) is 0.778. The molecule has 0 atom stereocenters. The van der Waals surface area contributed by atoms with E-state index < -0.39 is 8.32 Å². The SMILES string of the molecule is C=CCO[Si]1(C)CCCCC1. The van der Waals surface area contributed by atoms with Gasteiger partial charge in [0.2, 0.25) is 0 Å². The zero-order chi connectivity index (χ0) is 8.16. The monoisotopic (exact) mass is 170 g/mol. The molecule has 64 valence electrons. The molecule has 1 saturated heterocycles. The molecule has 0 bridgehead atoms. The highest BCUT2D eigenvalue weighted by Crippen LogP contribution is 2.28. The molecule has 1 aliphatic heterocycles. The van der Waals surface area contributed by atoms with E-state index in [1.807, 2.05) is 6.08 Å². The van der Waals surface area contributed by atoms with Crippen molar-refractivity contribution < 1.29 is 4.43 Å². The van der Waals surface area contributed by atoms with Crippen molar-refractivity contribution in [1.82, 2.24) is 0 Å². The summed E-state index contributed by atoms with van der Waals surface area (Å²) < 4.78 is 5.84. The summed E-state index contributed by atoms with van der Waals surface area (Å²) in [5.41, 5.74) is 0. The molecule has 2 heteroatoms. The first-order valence-electron chi connectivity index (χ1n) is 4.52. The first-order valence-corrected chi connectivity index (χ1v) is 7.34. The summed E-state index contributed by atoms with van der Waals surface area (Å²) in [6.45, 7) is 6.80. The van der Waals surface area contributed by atoms with Crippen LogP contribution in [0.4, 0.5) is 0 Å². The average Bonchev–Trinajstić information content (AvgIpc) is 2.03. The Balaban J connectivity index is 2.30. The van der Waals surface area contributed by atoms with Gasteiger partial charge < -0.3 is 4.43 Å². The zero-order valence-electron chi connectivity index (χ0n) is 7.44. The van der Waals surface area contributed by atoms with Gasteiger partial charge in [0.1, 0.15) is 0 Å². The lowest BCUT2D eigenvalue weighted by atomic mass is 10.3. The Morgan fingerprint density at radius 2 is 2.00 bits per heavy atom. The van der Waals surface area contributed by atoms with E-state index in [-0.39, 0.29) is 0 Å². The van der Waals surface area contributed by atoms with Crippen LogP contribution in [-0.4, -0.2) is 14.9 Å². The molecule has 1 fully saturated rings. The summed E-state index contributed by atoms with van der Waals surface area (Å²) in [5, 5.41) is 0. The van der Waals surface area contributed by atoms with Gasteiger partial charge in [0.15, 0.2) is 8.32 Å². The van der Waals surface area contributed by atoms with Crippen molar-refractivity contribution >= 4 is 8.32 Å². The Hall–Kier alpha value is -0.0831. The minimum atomic E-state index is -1.23. The van der Waals surface area contributed by atoms with Crippen molar-refractivity contribution in [3.8, 4) is 0 Å². The van der Waals surface area contributed by atoms with Crippen LogP contribution in [0.1, 0.15) is 19.3 Å². The summed E-state index contributed by atoms with van der Waals surface area (Å²) in [5.74, 6) is 0. The highest BCUT2D eigenvalue weighted by molar-refractivity contribution is 6.72. The van der Waals surface area contributed by atoms with Crippen LogP contribution in [0, 0.1) is 0 Å². The second kappa shape index (κ2) is 4.07. The Morgan fingerprint density at radius 1 is 1.36 bits per heavy atom. The summed E-state index contributed by atoms with van der Waals surface area (Å²) >= 11 is 0. The van der Waals surface area contributed by atoms with Gasteiger partial charge in [0.25, 0.3) is 0 Å². The summed E-state index contributed by atoms with van der Waals surface area (Å²) in [6, 6.07) is 2.72. The minimum absolute atomic E-state index is 0.767. The van der Waals surface area contributed by atoms with Crippen molar-refractivity contribution in [1.29, 1.82) is 0 Å². The predicted molar refractivity (Wildman–Crippen MR) is 51.2 cm³/mol. The molecule has 0 N–H and O–H groups in total. The van der Waals surface area contributed by atoms with E-state index in [9.17, 15) is 0 Å². The lowest BCUT2D eigenvalue weighted by Crippen LogP contribution is -2.36. The van der Waals surface area contributed by atoms with E-state index >= 15 is 0 Å². The highest BCUT2D eigenvalue weighted by atomic mass is 28.4. The largest absolute Gasteiger partial charge is 0.413 e. The molecule has 1 aliphatic rings. The maximum Gasteiger partial charge on any atom is 0.190 e. The maximum absolute atomic E-state index is 5.84. The third-order valence-electron chi connectivity index (χ3n) is 2.46. The highest BCUT2D eigenvalue weighted by Gasteiger charge is 2.30. The van der Waals surface area contributed by atoms with Gasteiger partial charge >= 0.3 is 0 Å². The Kier molecular flexibility index (Phi) is 3.33. The summed E-state index contributed by atoms with van der Waals surface area (Å²) in [7, 11) is -1.23.